The molecule has 0 aliphatic heterocycles. The molecule has 0 fully saturated rings. The van der Waals surface area contributed by atoms with E-state index in [-0.39, 0.29) is 5.60 Å². The fraction of sp³-hybridized carbons (Fsp3) is 0.417. The van der Waals surface area contributed by atoms with Crippen molar-refractivity contribution in [3.8, 4) is 0 Å². The number of rotatable bonds is 2. The number of nitrogens with zero attached hydrogens (tertiary/aromatic N) is 1. The van der Waals surface area contributed by atoms with Crippen LogP contribution >= 0.6 is 11.6 Å². The molecule has 3 nitrogen and oxygen atoms in total. The lowest BCUT2D eigenvalue weighted by Crippen LogP contribution is -2.19. The maximum Gasteiger partial charge on any atom is 0.133 e. The highest BCUT2D eigenvalue weighted by Crippen LogP contribution is 2.21. The van der Waals surface area contributed by atoms with Crippen LogP contribution in [0.3, 0.4) is 0 Å². The lowest BCUT2D eigenvalue weighted by atomic mass is 10.2. The van der Waals surface area contributed by atoms with Crippen LogP contribution in [0, 0.1) is 0 Å². The van der Waals surface area contributed by atoms with Crippen molar-refractivity contribution in [1.82, 2.24) is 9.97 Å². The van der Waals surface area contributed by atoms with Gasteiger partial charge in [-0.2, -0.15) is 0 Å². The molecule has 16 heavy (non-hydrogen) atoms. The molecule has 0 radical (unpaired) electrons. The Morgan fingerprint density at radius 3 is 2.75 bits per heavy atom. The van der Waals surface area contributed by atoms with Crippen molar-refractivity contribution >= 4 is 22.6 Å². The van der Waals surface area contributed by atoms with E-state index >= 15 is 0 Å². The van der Waals surface area contributed by atoms with Gasteiger partial charge >= 0.3 is 0 Å². The van der Waals surface area contributed by atoms with Crippen molar-refractivity contribution < 1.29 is 4.74 Å². The molecule has 1 N–H and O–H groups in total. The van der Waals surface area contributed by atoms with Gasteiger partial charge in [-0.1, -0.05) is 17.7 Å². The van der Waals surface area contributed by atoms with Crippen LogP contribution in [0.5, 0.6) is 0 Å². The molecular formula is C12H15ClN2O. The predicted molar refractivity (Wildman–Crippen MR) is 65.6 cm³/mol. The minimum atomic E-state index is -0.164. The summed E-state index contributed by atoms with van der Waals surface area (Å²) in [6.07, 6.45) is 0. The highest BCUT2D eigenvalue weighted by Gasteiger charge is 2.12. The van der Waals surface area contributed by atoms with Gasteiger partial charge in [-0.3, -0.25) is 0 Å². The van der Waals surface area contributed by atoms with E-state index < -0.39 is 0 Å². The molecule has 2 aromatic rings. The van der Waals surface area contributed by atoms with E-state index in [9.17, 15) is 0 Å². The first-order valence-corrected chi connectivity index (χ1v) is 5.60. The monoisotopic (exact) mass is 238 g/mol. The van der Waals surface area contributed by atoms with Gasteiger partial charge in [-0.15, -0.1) is 0 Å². The number of hydrogen-bond donors (Lipinski definition) is 1. The largest absolute Gasteiger partial charge is 0.368 e. The average molecular weight is 239 g/mol. The number of aromatic nitrogens is 2. The molecule has 4 heteroatoms. The second kappa shape index (κ2) is 4.07. The van der Waals surface area contributed by atoms with Gasteiger partial charge in [0.05, 0.1) is 16.1 Å². The summed E-state index contributed by atoms with van der Waals surface area (Å²) >= 11 is 6.04. The zero-order chi connectivity index (χ0) is 11.8. The van der Waals surface area contributed by atoms with Crippen molar-refractivity contribution in [2.24, 2.45) is 0 Å². The Hall–Kier alpha value is -1.06. The van der Waals surface area contributed by atoms with Gasteiger partial charge in [0.25, 0.3) is 0 Å². The molecule has 0 spiro atoms. The van der Waals surface area contributed by atoms with Gasteiger partial charge in [-0.25, -0.2) is 4.98 Å². The normalized spacial score (nSPS) is 12.2. The Kier molecular flexibility index (Phi) is 2.91. The van der Waals surface area contributed by atoms with Crippen molar-refractivity contribution in [2.75, 3.05) is 0 Å². The highest BCUT2D eigenvalue weighted by atomic mass is 35.5. The first kappa shape index (κ1) is 11.4. The van der Waals surface area contributed by atoms with Gasteiger partial charge in [0, 0.05) is 0 Å². The number of fused-ring (bicyclic) bond motifs is 1. The summed E-state index contributed by atoms with van der Waals surface area (Å²) in [5, 5.41) is 0.663. The van der Waals surface area contributed by atoms with Crippen molar-refractivity contribution in [3.63, 3.8) is 0 Å². The van der Waals surface area contributed by atoms with Crippen LogP contribution in [0.15, 0.2) is 18.2 Å². The SMILES string of the molecule is CC(C)(C)OCc1nc2c(Cl)cccc2[nH]1. The minimum absolute atomic E-state index is 0.164. The predicted octanol–water partition coefficient (Wildman–Crippen LogP) is 3.53. The van der Waals surface area contributed by atoms with Gasteiger partial charge in [0.15, 0.2) is 0 Å². The molecule has 0 aliphatic rings. The number of aromatic amines is 1. The number of imidazole rings is 1. The van der Waals surface area contributed by atoms with Crippen molar-refractivity contribution in [2.45, 2.75) is 33.0 Å². The maximum atomic E-state index is 6.04. The van der Waals surface area contributed by atoms with Gasteiger partial charge in [0.1, 0.15) is 17.9 Å². The Labute approximate surface area is 99.8 Å². The smallest absolute Gasteiger partial charge is 0.133 e. The van der Waals surface area contributed by atoms with Crippen LogP contribution < -0.4 is 0 Å². The number of hydrogen-bond acceptors (Lipinski definition) is 2. The summed E-state index contributed by atoms with van der Waals surface area (Å²) in [6, 6.07) is 5.69. The highest BCUT2D eigenvalue weighted by molar-refractivity contribution is 6.34. The third-order valence-corrected chi connectivity index (χ3v) is 2.46. The van der Waals surface area contributed by atoms with Crippen LogP contribution in [-0.2, 0) is 11.3 Å². The summed E-state index contributed by atoms with van der Waals surface area (Å²) in [5.41, 5.74) is 1.58. The molecule has 0 saturated carbocycles. The first-order chi connectivity index (χ1) is 7.46. The summed E-state index contributed by atoms with van der Waals surface area (Å²) < 4.78 is 5.65. The minimum Gasteiger partial charge on any atom is -0.368 e. The van der Waals surface area contributed by atoms with Gasteiger partial charge < -0.3 is 9.72 Å². The third kappa shape index (κ3) is 2.54. The van der Waals surface area contributed by atoms with Crippen LogP contribution in [0.4, 0.5) is 0 Å². The lowest BCUT2D eigenvalue weighted by Gasteiger charge is -2.18. The fourth-order valence-corrected chi connectivity index (χ4v) is 1.62. The maximum absolute atomic E-state index is 6.04. The van der Waals surface area contributed by atoms with Crippen LogP contribution in [0.2, 0.25) is 5.02 Å². The molecule has 1 aromatic carbocycles. The Bertz CT molecular complexity index is 499. The quantitative estimate of drug-likeness (QED) is 0.869. The average Bonchev–Trinajstić information content (AvgIpc) is 2.58. The number of para-hydroxylation sites is 1. The van der Waals surface area contributed by atoms with E-state index in [2.05, 4.69) is 9.97 Å². The van der Waals surface area contributed by atoms with Gasteiger partial charge in [-0.05, 0) is 32.9 Å². The number of benzene rings is 1. The number of nitrogens with one attached hydrogen (secondary N) is 1. The fourth-order valence-electron chi connectivity index (χ4n) is 1.40. The van der Waals surface area contributed by atoms with E-state index in [1.54, 1.807) is 0 Å². The molecule has 0 saturated heterocycles. The van der Waals surface area contributed by atoms with E-state index in [0.29, 0.717) is 11.6 Å². The Morgan fingerprint density at radius 2 is 2.12 bits per heavy atom. The summed E-state index contributed by atoms with van der Waals surface area (Å²) in [7, 11) is 0. The van der Waals surface area contributed by atoms with Gasteiger partial charge in [0.2, 0.25) is 0 Å². The van der Waals surface area contributed by atoms with Crippen molar-refractivity contribution in [3.05, 3.63) is 29.0 Å². The number of H-pyrrole nitrogens is 1. The Balaban J connectivity index is 2.24. The molecule has 2 rings (SSSR count). The zero-order valence-corrected chi connectivity index (χ0v) is 10.4. The second-order valence-corrected chi connectivity index (χ2v) is 5.13. The van der Waals surface area contributed by atoms with Crippen LogP contribution in [0.25, 0.3) is 11.0 Å². The van der Waals surface area contributed by atoms with E-state index in [0.717, 1.165) is 16.9 Å². The Morgan fingerprint density at radius 1 is 1.38 bits per heavy atom. The van der Waals surface area contributed by atoms with E-state index in [1.807, 2.05) is 39.0 Å². The van der Waals surface area contributed by atoms with Crippen molar-refractivity contribution in [1.29, 1.82) is 0 Å². The number of halogens is 1. The summed E-state index contributed by atoms with van der Waals surface area (Å²) in [6.45, 7) is 6.52. The zero-order valence-electron chi connectivity index (χ0n) is 9.67. The standard InChI is InChI=1S/C12H15ClN2O/c1-12(2,3)16-7-10-14-9-6-4-5-8(13)11(9)15-10/h4-6H,7H2,1-3H3,(H,14,15). The topological polar surface area (TPSA) is 37.9 Å². The first-order valence-electron chi connectivity index (χ1n) is 5.23. The summed E-state index contributed by atoms with van der Waals surface area (Å²) in [4.78, 5) is 7.59. The van der Waals surface area contributed by atoms with Crippen LogP contribution in [0.1, 0.15) is 26.6 Å². The van der Waals surface area contributed by atoms with E-state index in [4.69, 9.17) is 16.3 Å². The lowest BCUT2D eigenvalue weighted by molar-refractivity contribution is -0.0177. The van der Waals surface area contributed by atoms with E-state index in [1.165, 1.54) is 0 Å². The third-order valence-electron chi connectivity index (χ3n) is 2.15. The molecule has 0 amide bonds. The van der Waals surface area contributed by atoms with Crippen LogP contribution in [-0.4, -0.2) is 15.6 Å². The molecule has 0 unspecified atom stereocenters. The number of ether oxygens (including phenoxy) is 1. The summed E-state index contributed by atoms with van der Waals surface area (Å²) in [5.74, 6) is 0.804. The molecular weight excluding hydrogens is 224 g/mol. The second-order valence-electron chi connectivity index (χ2n) is 4.72. The molecule has 0 atom stereocenters. The molecule has 0 bridgehead atoms. The molecule has 1 heterocycles. The molecule has 1 aromatic heterocycles. The molecule has 0 aliphatic carbocycles. The molecule has 86 valence electrons.